The number of para-hydroxylation sites is 1. The molecule has 0 aliphatic rings. The molecular weight excluding hydrogens is 238 g/mol. The van der Waals surface area contributed by atoms with E-state index in [9.17, 15) is 0 Å². The van der Waals surface area contributed by atoms with E-state index in [0.29, 0.717) is 19.0 Å². The number of aliphatic imine (C=N–C) groups is 1. The molecule has 0 atom stereocenters. The summed E-state index contributed by atoms with van der Waals surface area (Å²) in [7, 11) is 0. The van der Waals surface area contributed by atoms with Gasteiger partial charge in [-0.3, -0.25) is 0 Å². The van der Waals surface area contributed by atoms with E-state index >= 15 is 0 Å². The highest BCUT2D eigenvalue weighted by Gasteiger charge is 2.02. The second-order valence-corrected chi connectivity index (χ2v) is 4.00. The Bertz CT molecular complexity index is 574. The molecule has 0 unspecified atom stereocenters. The van der Waals surface area contributed by atoms with Gasteiger partial charge in [-0.2, -0.15) is 0 Å². The highest BCUT2D eigenvalue weighted by atomic mass is 16.3. The first-order valence-corrected chi connectivity index (χ1v) is 6.26. The van der Waals surface area contributed by atoms with E-state index in [1.165, 1.54) is 0 Å². The Morgan fingerprint density at radius 1 is 1.37 bits per heavy atom. The molecule has 4 heteroatoms. The number of hydrogen-bond acceptors (Lipinski definition) is 2. The number of terminal acetylenes is 1. The van der Waals surface area contributed by atoms with Gasteiger partial charge in [0.05, 0.1) is 6.54 Å². The van der Waals surface area contributed by atoms with Crippen LogP contribution in [-0.2, 0) is 6.54 Å². The van der Waals surface area contributed by atoms with Crippen molar-refractivity contribution in [1.29, 1.82) is 0 Å². The minimum atomic E-state index is 0.450. The summed E-state index contributed by atoms with van der Waals surface area (Å²) in [4.78, 5) is 4.42. The topological polar surface area (TPSA) is 49.6 Å². The molecule has 2 N–H and O–H groups in total. The zero-order valence-electron chi connectivity index (χ0n) is 10.9. The Hall–Kier alpha value is -2.41. The van der Waals surface area contributed by atoms with Gasteiger partial charge in [0.25, 0.3) is 0 Å². The van der Waals surface area contributed by atoms with Gasteiger partial charge in [0.2, 0.25) is 0 Å². The molecule has 0 bridgehead atoms. The monoisotopic (exact) mass is 255 g/mol. The van der Waals surface area contributed by atoms with Gasteiger partial charge in [-0.25, -0.2) is 4.99 Å². The zero-order chi connectivity index (χ0) is 13.5. The molecule has 0 radical (unpaired) electrons. The molecule has 2 rings (SSSR count). The lowest BCUT2D eigenvalue weighted by atomic mass is 10.2. The zero-order valence-corrected chi connectivity index (χ0v) is 10.9. The summed E-state index contributed by atoms with van der Waals surface area (Å²) in [6.45, 7) is 3.73. The molecule has 1 aromatic carbocycles. The fraction of sp³-hybridized carbons (Fsp3) is 0.267. The van der Waals surface area contributed by atoms with Crippen molar-refractivity contribution in [2.75, 3.05) is 13.1 Å². The molecule has 19 heavy (non-hydrogen) atoms. The van der Waals surface area contributed by atoms with Crippen LogP contribution >= 0.6 is 0 Å². The molecule has 0 aliphatic carbocycles. The summed E-state index contributed by atoms with van der Waals surface area (Å²) < 4.78 is 5.70. The summed E-state index contributed by atoms with van der Waals surface area (Å²) in [6.07, 6.45) is 5.22. The van der Waals surface area contributed by atoms with Gasteiger partial charge in [-0.15, -0.1) is 6.42 Å². The molecule has 0 spiro atoms. The number of guanidine groups is 1. The summed E-state index contributed by atoms with van der Waals surface area (Å²) in [5.41, 5.74) is 0.884. The molecule has 0 amide bonds. The third-order valence-electron chi connectivity index (χ3n) is 2.57. The predicted octanol–water partition coefficient (Wildman–Crippen LogP) is 2.12. The fourth-order valence-electron chi connectivity index (χ4n) is 1.75. The Labute approximate surface area is 112 Å². The van der Waals surface area contributed by atoms with Crippen LogP contribution in [0.25, 0.3) is 11.0 Å². The molecule has 2 aromatic rings. The maximum absolute atomic E-state index is 5.70. The molecule has 98 valence electrons. The first kappa shape index (κ1) is 13.0. The van der Waals surface area contributed by atoms with E-state index in [0.717, 1.165) is 23.3 Å². The number of hydrogen-bond donors (Lipinski definition) is 2. The molecule has 1 heterocycles. The molecule has 4 nitrogen and oxygen atoms in total. The van der Waals surface area contributed by atoms with E-state index in [2.05, 4.69) is 21.5 Å². The van der Waals surface area contributed by atoms with Crippen molar-refractivity contribution < 1.29 is 4.42 Å². The summed E-state index contributed by atoms with van der Waals surface area (Å²) in [5.74, 6) is 4.05. The number of nitrogens with one attached hydrogen (secondary N) is 2. The Kier molecular flexibility index (Phi) is 4.46. The lowest BCUT2D eigenvalue weighted by Crippen LogP contribution is -2.37. The Balaban J connectivity index is 2.08. The van der Waals surface area contributed by atoms with Gasteiger partial charge in [0.1, 0.15) is 17.9 Å². The third kappa shape index (κ3) is 3.52. The van der Waals surface area contributed by atoms with E-state index < -0.39 is 0 Å². The van der Waals surface area contributed by atoms with Crippen molar-refractivity contribution in [3.05, 3.63) is 36.1 Å². The second-order valence-electron chi connectivity index (χ2n) is 4.00. The van der Waals surface area contributed by atoms with Crippen LogP contribution in [0, 0.1) is 12.3 Å². The number of benzene rings is 1. The number of rotatable bonds is 4. The molecular formula is C15H17N3O. The quantitative estimate of drug-likeness (QED) is 0.500. The van der Waals surface area contributed by atoms with Crippen LogP contribution in [0.5, 0.6) is 0 Å². The first-order valence-electron chi connectivity index (χ1n) is 6.26. The van der Waals surface area contributed by atoms with Crippen LogP contribution in [0.4, 0.5) is 0 Å². The van der Waals surface area contributed by atoms with E-state index in [4.69, 9.17) is 10.8 Å². The lowest BCUT2D eigenvalue weighted by molar-refractivity contribution is 0.552. The van der Waals surface area contributed by atoms with Crippen LogP contribution in [0.1, 0.15) is 12.7 Å². The fourth-order valence-corrected chi connectivity index (χ4v) is 1.75. The lowest BCUT2D eigenvalue weighted by Gasteiger charge is -2.07. The maximum atomic E-state index is 5.70. The number of furan rings is 1. The highest BCUT2D eigenvalue weighted by Crippen LogP contribution is 2.19. The highest BCUT2D eigenvalue weighted by molar-refractivity contribution is 5.80. The predicted molar refractivity (Wildman–Crippen MR) is 77.9 cm³/mol. The number of fused-ring (bicyclic) bond motifs is 1. The van der Waals surface area contributed by atoms with Crippen molar-refractivity contribution in [3.63, 3.8) is 0 Å². The molecule has 0 fully saturated rings. The Morgan fingerprint density at radius 2 is 2.21 bits per heavy atom. The van der Waals surface area contributed by atoms with Crippen molar-refractivity contribution in [2.24, 2.45) is 4.99 Å². The molecule has 0 saturated heterocycles. The largest absolute Gasteiger partial charge is 0.459 e. The van der Waals surface area contributed by atoms with Crippen LogP contribution in [0.15, 0.2) is 39.7 Å². The molecule has 0 aliphatic heterocycles. The summed E-state index contributed by atoms with van der Waals surface area (Å²) >= 11 is 0. The standard InChI is InChI=1S/C15H17N3O/c1-3-9-17-15(16-4-2)18-11-13-10-12-7-5-6-8-14(12)19-13/h1,5-8,10H,4,9,11H2,2H3,(H2,16,17,18). The van der Waals surface area contributed by atoms with Gasteiger partial charge in [-0.1, -0.05) is 24.1 Å². The van der Waals surface area contributed by atoms with E-state index in [1.54, 1.807) is 0 Å². The second kappa shape index (κ2) is 6.50. The van der Waals surface area contributed by atoms with Crippen molar-refractivity contribution in [2.45, 2.75) is 13.5 Å². The van der Waals surface area contributed by atoms with Crippen LogP contribution < -0.4 is 10.6 Å². The maximum Gasteiger partial charge on any atom is 0.192 e. The van der Waals surface area contributed by atoms with Gasteiger partial charge in [0, 0.05) is 11.9 Å². The van der Waals surface area contributed by atoms with Gasteiger partial charge in [0.15, 0.2) is 5.96 Å². The smallest absolute Gasteiger partial charge is 0.192 e. The SMILES string of the molecule is C#CCNC(=NCc1cc2ccccc2o1)NCC. The van der Waals surface area contributed by atoms with Crippen molar-refractivity contribution in [1.82, 2.24) is 10.6 Å². The van der Waals surface area contributed by atoms with Crippen LogP contribution in [0.3, 0.4) is 0 Å². The third-order valence-corrected chi connectivity index (χ3v) is 2.57. The van der Waals surface area contributed by atoms with Crippen molar-refractivity contribution in [3.8, 4) is 12.3 Å². The average molecular weight is 255 g/mol. The van der Waals surface area contributed by atoms with Crippen molar-refractivity contribution >= 4 is 16.9 Å². The number of nitrogens with zero attached hydrogens (tertiary/aromatic N) is 1. The first-order chi connectivity index (χ1) is 9.33. The average Bonchev–Trinajstić information content (AvgIpc) is 2.84. The van der Waals surface area contributed by atoms with Gasteiger partial charge >= 0.3 is 0 Å². The van der Waals surface area contributed by atoms with E-state index in [1.807, 2.05) is 37.3 Å². The minimum Gasteiger partial charge on any atom is -0.459 e. The summed E-state index contributed by atoms with van der Waals surface area (Å²) in [5, 5.41) is 7.25. The normalized spacial score (nSPS) is 11.3. The summed E-state index contributed by atoms with van der Waals surface area (Å²) in [6, 6.07) is 9.92. The molecule has 0 saturated carbocycles. The van der Waals surface area contributed by atoms with Gasteiger partial charge in [-0.05, 0) is 19.1 Å². The molecule has 1 aromatic heterocycles. The Morgan fingerprint density at radius 3 is 2.95 bits per heavy atom. The van der Waals surface area contributed by atoms with Crippen LogP contribution in [0.2, 0.25) is 0 Å². The van der Waals surface area contributed by atoms with E-state index in [-0.39, 0.29) is 0 Å². The van der Waals surface area contributed by atoms with Crippen LogP contribution in [-0.4, -0.2) is 19.0 Å². The minimum absolute atomic E-state index is 0.450. The van der Waals surface area contributed by atoms with Gasteiger partial charge < -0.3 is 15.1 Å².